The van der Waals surface area contributed by atoms with Crippen LogP contribution in [-0.2, 0) is 4.79 Å². The molecule has 110 valence electrons. The van der Waals surface area contributed by atoms with Gasteiger partial charge in [-0.05, 0) is 50.1 Å². The van der Waals surface area contributed by atoms with Gasteiger partial charge in [0.25, 0.3) is 0 Å². The zero-order valence-electron chi connectivity index (χ0n) is 12.4. The molecule has 0 saturated heterocycles. The van der Waals surface area contributed by atoms with Crippen LogP contribution in [0.5, 0.6) is 0 Å². The summed E-state index contributed by atoms with van der Waals surface area (Å²) in [5, 5.41) is 5.86. The monoisotopic (exact) mass is 286 g/mol. The molecule has 0 radical (unpaired) electrons. The third kappa shape index (κ3) is 3.81. The Hall–Kier alpha value is -2.36. The summed E-state index contributed by atoms with van der Waals surface area (Å²) < 4.78 is 13.5. The molecule has 0 fully saturated rings. The van der Waals surface area contributed by atoms with E-state index in [2.05, 4.69) is 10.6 Å². The van der Waals surface area contributed by atoms with Gasteiger partial charge in [0.15, 0.2) is 0 Å². The number of benzene rings is 2. The fourth-order valence-corrected chi connectivity index (χ4v) is 1.95. The largest absolute Gasteiger partial charge is 0.374 e. The Labute approximate surface area is 124 Å². The van der Waals surface area contributed by atoms with Gasteiger partial charge in [0, 0.05) is 11.4 Å². The minimum absolute atomic E-state index is 0.162. The van der Waals surface area contributed by atoms with Crippen LogP contribution in [0.25, 0.3) is 0 Å². The Bertz CT molecular complexity index is 655. The van der Waals surface area contributed by atoms with E-state index in [9.17, 15) is 9.18 Å². The highest BCUT2D eigenvalue weighted by Gasteiger charge is 2.14. The van der Waals surface area contributed by atoms with Crippen LogP contribution in [0.15, 0.2) is 42.5 Å². The smallest absolute Gasteiger partial charge is 0.246 e. The summed E-state index contributed by atoms with van der Waals surface area (Å²) in [6.45, 7) is 5.38. The number of nitrogens with one attached hydrogen (secondary N) is 2. The lowest BCUT2D eigenvalue weighted by atomic mass is 10.2. The summed E-state index contributed by atoms with van der Waals surface area (Å²) in [5.41, 5.74) is 2.95. The van der Waals surface area contributed by atoms with Gasteiger partial charge in [0.05, 0.1) is 0 Å². The first-order valence-corrected chi connectivity index (χ1v) is 6.86. The highest BCUT2D eigenvalue weighted by Crippen LogP contribution is 2.16. The van der Waals surface area contributed by atoms with Crippen molar-refractivity contribution in [1.82, 2.24) is 0 Å². The Kier molecular flexibility index (Phi) is 4.58. The Morgan fingerprint density at radius 2 is 1.81 bits per heavy atom. The van der Waals surface area contributed by atoms with Crippen LogP contribution in [0.3, 0.4) is 0 Å². The third-order valence-corrected chi connectivity index (χ3v) is 3.35. The average molecular weight is 286 g/mol. The maximum atomic E-state index is 13.5. The van der Waals surface area contributed by atoms with E-state index in [0.29, 0.717) is 11.3 Å². The molecule has 0 aromatic heterocycles. The normalized spacial score (nSPS) is 11.8. The molecule has 21 heavy (non-hydrogen) atoms. The highest BCUT2D eigenvalue weighted by molar-refractivity contribution is 5.96. The predicted octanol–water partition coefficient (Wildman–Crippen LogP) is 3.88. The number of carbonyl (C=O) groups is 1. The molecule has 0 heterocycles. The fraction of sp³-hybridized carbons (Fsp3) is 0.235. The van der Waals surface area contributed by atoms with Crippen LogP contribution in [0.2, 0.25) is 0 Å². The van der Waals surface area contributed by atoms with Crippen molar-refractivity contribution in [3.05, 3.63) is 59.4 Å². The van der Waals surface area contributed by atoms with E-state index in [1.165, 1.54) is 6.07 Å². The first-order chi connectivity index (χ1) is 9.97. The highest BCUT2D eigenvalue weighted by atomic mass is 19.1. The molecule has 0 aliphatic rings. The number of amides is 1. The number of carbonyl (C=O) groups excluding carboxylic acids is 1. The lowest BCUT2D eigenvalue weighted by Crippen LogP contribution is -2.32. The topological polar surface area (TPSA) is 41.1 Å². The molecule has 2 aromatic carbocycles. The van der Waals surface area contributed by atoms with Crippen molar-refractivity contribution in [3.63, 3.8) is 0 Å². The van der Waals surface area contributed by atoms with Gasteiger partial charge in [-0.25, -0.2) is 4.39 Å². The van der Waals surface area contributed by atoms with Crippen LogP contribution in [-0.4, -0.2) is 11.9 Å². The predicted molar refractivity (Wildman–Crippen MR) is 84.0 cm³/mol. The number of hydrogen-bond donors (Lipinski definition) is 2. The zero-order valence-corrected chi connectivity index (χ0v) is 12.4. The fourth-order valence-electron chi connectivity index (χ4n) is 1.95. The Balaban J connectivity index is 2.02. The minimum Gasteiger partial charge on any atom is -0.374 e. The van der Waals surface area contributed by atoms with E-state index >= 15 is 0 Å². The standard InChI is InChI=1S/C17H19FN2O/c1-11-8-9-14(10-15(11)18)19-13(3)17(21)20-16-7-5-4-6-12(16)2/h4-10,13,19H,1-3H3,(H,20,21). The maximum Gasteiger partial charge on any atom is 0.246 e. The summed E-state index contributed by atoms with van der Waals surface area (Å²) in [6, 6.07) is 11.9. The van der Waals surface area contributed by atoms with E-state index in [4.69, 9.17) is 0 Å². The van der Waals surface area contributed by atoms with Gasteiger partial charge >= 0.3 is 0 Å². The SMILES string of the molecule is Cc1ccc(NC(C)C(=O)Nc2ccccc2C)cc1F. The number of anilines is 2. The molecule has 3 nitrogen and oxygen atoms in total. The van der Waals surface area contributed by atoms with Crippen LogP contribution in [0, 0.1) is 19.7 Å². The van der Waals surface area contributed by atoms with E-state index < -0.39 is 6.04 Å². The summed E-state index contributed by atoms with van der Waals surface area (Å²) >= 11 is 0. The van der Waals surface area contributed by atoms with Crippen LogP contribution in [0.1, 0.15) is 18.1 Å². The van der Waals surface area contributed by atoms with Gasteiger partial charge in [-0.1, -0.05) is 24.3 Å². The molecule has 0 saturated carbocycles. The number of para-hydroxylation sites is 1. The minimum atomic E-state index is -0.466. The summed E-state index contributed by atoms with van der Waals surface area (Å²) in [4.78, 5) is 12.2. The third-order valence-electron chi connectivity index (χ3n) is 3.35. The lowest BCUT2D eigenvalue weighted by molar-refractivity contribution is -0.116. The van der Waals surface area contributed by atoms with Gasteiger partial charge in [0.2, 0.25) is 5.91 Å². The molecular formula is C17H19FN2O. The van der Waals surface area contributed by atoms with E-state index in [-0.39, 0.29) is 11.7 Å². The molecule has 2 N–H and O–H groups in total. The zero-order chi connectivity index (χ0) is 15.4. The number of halogens is 1. The van der Waals surface area contributed by atoms with Crippen LogP contribution >= 0.6 is 0 Å². The summed E-state index contributed by atoms with van der Waals surface area (Å²) in [6.07, 6.45) is 0. The van der Waals surface area contributed by atoms with Crippen molar-refractivity contribution < 1.29 is 9.18 Å². The second kappa shape index (κ2) is 6.39. The molecule has 4 heteroatoms. The van der Waals surface area contributed by atoms with Gasteiger partial charge in [-0.3, -0.25) is 4.79 Å². The summed E-state index contributed by atoms with van der Waals surface area (Å²) in [5.74, 6) is -0.447. The first kappa shape index (κ1) is 15.0. The van der Waals surface area contributed by atoms with Gasteiger partial charge in [-0.15, -0.1) is 0 Å². The quantitative estimate of drug-likeness (QED) is 0.895. The molecule has 0 spiro atoms. The molecule has 1 atom stereocenters. The molecule has 2 aromatic rings. The molecule has 0 bridgehead atoms. The van der Waals surface area contributed by atoms with E-state index in [1.54, 1.807) is 26.0 Å². The molecule has 2 rings (SSSR count). The van der Waals surface area contributed by atoms with Crippen LogP contribution in [0.4, 0.5) is 15.8 Å². The molecular weight excluding hydrogens is 267 g/mol. The molecule has 0 aliphatic carbocycles. The van der Waals surface area contributed by atoms with Crippen molar-refractivity contribution in [2.75, 3.05) is 10.6 Å². The van der Waals surface area contributed by atoms with Gasteiger partial charge in [0.1, 0.15) is 11.9 Å². The average Bonchev–Trinajstić information content (AvgIpc) is 2.45. The molecule has 1 amide bonds. The Morgan fingerprint density at radius 1 is 1.10 bits per heavy atom. The Morgan fingerprint density at radius 3 is 2.48 bits per heavy atom. The number of rotatable bonds is 4. The second-order valence-electron chi connectivity index (χ2n) is 5.13. The van der Waals surface area contributed by atoms with Crippen LogP contribution < -0.4 is 10.6 Å². The number of aryl methyl sites for hydroxylation is 2. The second-order valence-corrected chi connectivity index (χ2v) is 5.13. The first-order valence-electron chi connectivity index (χ1n) is 6.86. The molecule has 0 aliphatic heterocycles. The summed E-state index contributed by atoms with van der Waals surface area (Å²) in [7, 11) is 0. The maximum absolute atomic E-state index is 13.5. The van der Waals surface area contributed by atoms with Crippen molar-refractivity contribution in [2.45, 2.75) is 26.8 Å². The van der Waals surface area contributed by atoms with Crippen molar-refractivity contribution >= 4 is 17.3 Å². The molecule has 1 unspecified atom stereocenters. The van der Waals surface area contributed by atoms with Crippen molar-refractivity contribution in [1.29, 1.82) is 0 Å². The van der Waals surface area contributed by atoms with Gasteiger partial charge < -0.3 is 10.6 Å². The van der Waals surface area contributed by atoms with Gasteiger partial charge in [-0.2, -0.15) is 0 Å². The lowest BCUT2D eigenvalue weighted by Gasteiger charge is -2.16. The van der Waals surface area contributed by atoms with E-state index in [0.717, 1.165) is 11.3 Å². The van der Waals surface area contributed by atoms with Crippen molar-refractivity contribution in [2.24, 2.45) is 0 Å². The number of hydrogen-bond acceptors (Lipinski definition) is 2. The van der Waals surface area contributed by atoms with E-state index in [1.807, 2.05) is 31.2 Å². The van der Waals surface area contributed by atoms with Crippen molar-refractivity contribution in [3.8, 4) is 0 Å².